The van der Waals surface area contributed by atoms with Crippen LogP contribution in [0.4, 0.5) is 0 Å². The van der Waals surface area contributed by atoms with Crippen molar-refractivity contribution in [1.82, 2.24) is 24.9 Å². The summed E-state index contributed by atoms with van der Waals surface area (Å²) in [7, 11) is 0. The number of hydrogen-bond donors (Lipinski definition) is 5. The van der Waals surface area contributed by atoms with Crippen molar-refractivity contribution in [3.05, 3.63) is 0 Å². The first kappa shape index (κ1) is 35.6. The van der Waals surface area contributed by atoms with Gasteiger partial charge in [-0.3, -0.25) is 33.6 Å². The van der Waals surface area contributed by atoms with E-state index in [-0.39, 0.29) is 44.7 Å². The van der Waals surface area contributed by atoms with Crippen molar-refractivity contribution in [3.63, 3.8) is 0 Å². The largest absolute Gasteiger partial charge is 0.481 e. The molecule has 4 heterocycles. The average molecular weight is 664 g/mol. The van der Waals surface area contributed by atoms with E-state index in [1.807, 2.05) is 0 Å². The van der Waals surface area contributed by atoms with Gasteiger partial charge in [-0.15, -0.1) is 0 Å². The van der Waals surface area contributed by atoms with Gasteiger partial charge in [0.2, 0.25) is 35.4 Å². The number of nitrogens with zero attached hydrogens (tertiary/aromatic N) is 4. The highest BCUT2D eigenvalue weighted by Crippen LogP contribution is 2.30. The standard InChI is InChI=1S/C30H45N7O10/c31-17(9-12-24(39)40)25(41)33-18(10-11-23(32)38)26(42)34-13-1-5-19(34)27(43)35-14-2-6-20(35)28(44)36-15-3-7-21(36)29(45)37-16-4-8-22(37)30(46)47/h17-22H,1-16,31H2,(H2,32,38)(H,33,41)(H,39,40)(H,46,47)/t17-,18-,19-,20-,21-,22-/m0/s1. The molecule has 4 aliphatic rings. The summed E-state index contributed by atoms with van der Waals surface area (Å²) in [5.41, 5.74) is 11.1. The van der Waals surface area contributed by atoms with Gasteiger partial charge >= 0.3 is 11.9 Å². The number of rotatable bonds is 13. The summed E-state index contributed by atoms with van der Waals surface area (Å²) in [4.78, 5) is 108. The third-order valence-corrected chi connectivity index (χ3v) is 9.58. The summed E-state index contributed by atoms with van der Waals surface area (Å²) in [5, 5.41) is 21.0. The first-order chi connectivity index (χ1) is 22.3. The highest BCUT2D eigenvalue weighted by molar-refractivity contribution is 5.97. The summed E-state index contributed by atoms with van der Waals surface area (Å²) in [6.45, 7) is 1.08. The summed E-state index contributed by atoms with van der Waals surface area (Å²) >= 11 is 0. The lowest BCUT2D eigenvalue weighted by Gasteiger charge is -2.36. The third kappa shape index (κ3) is 8.18. The van der Waals surface area contributed by atoms with Crippen LogP contribution in [-0.2, 0) is 38.4 Å². The van der Waals surface area contributed by atoms with E-state index in [2.05, 4.69) is 5.32 Å². The Hall–Kier alpha value is -4.28. The Labute approximate surface area is 271 Å². The minimum Gasteiger partial charge on any atom is -0.481 e. The zero-order valence-electron chi connectivity index (χ0n) is 26.4. The van der Waals surface area contributed by atoms with Gasteiger partial charge in [0, 0.05) is 39.0 Å². The van der Waals surface area contributed by atoms with Gasteiger partial charge in [-0.25, -0.2) is 4.79 Å². The van der Waals surface area contributed by atoms with Gasteiger partial charge < -0.3 is 46.6 Å². The average Bonchev–Trinajstić information content (AvgIpc) is 3.85. The number of amides is 6. The zero-order valence-corrected chi connectivity index (χ0v) is 26.4. The molecule has 6 amide bonds. The molecular weight excluding hydrogens is 618 g/mol. The van der Waals surface area contributed by atoms with Gasteiger partial charge in [0.15, 0.2) is 0 Å². The molecule has 0 aromatic heterocycles. The Kier molecular flexibility index (Phi) is 11.8. The van der Waals surface area contributed by atoms with Crippen molar-refractivity contribution in [2.75, 3.05) is 26.2 Å². The molecule has 7 N–H and O–H groups in total. The Bertz CT molecular complexity index is 1280. The summed E-state index contributed by atoms with van der Waals surface area (Å²) in [6.07, 6.45) is 2.66. The Morgan fingerprint density at radius 2 is 1.06 bits per heavy atom. The SMILES string of the molecule is NC(=O)CC[C@H](NC(=O)[C@@H](N)CCC(=O)O)C(=O)N1CCC[C@H]1C(=O)N1CCC[C@H]1C(=O)N1CCC[C@H]1C(=O)N1CCC[C@H]1C(=O)O. The maximum Gasteiger partial charge on any atom is 0.326 e. The lowest BCUT2D eigenvalue weighted by Crippen LogP contribution is -2.58. The fourth-order valence-corrected chi connectivity index (χ4v) is 7.16. The van der Waals surface area contributed by atoms with Gasteiger partial charge in [-0.1, -0.05) is 0 Å². The Morgan fingerprint density at radius 3 is 1.51 bits per heavy atom. The monoisotopic (exact) mass is 663 g/mol. The smallest absolute Gasteiger partial charge is 0.326 e. The summed E-state index contributed by atoms with van der Waals surface area (Å²) < 4.78 is 0. The molecule has 0 unspecified atom stereocenters. The Morgan fingerprint density at radius 1 is 0.638 bits per heavy atom. The predicted octanol–water partition coefficient (Wildman–Crippen LogP) is -2.02. The normalized spacial score (nSPS) is 25.5. The molecule has 0 aromatic carbocycles. The number of likely N-dealkylation sites (tertiary alicyclic amines) is 4. The lowest BCUT2D eigenvalue weighted by molar-refractivity contribution is -0.154. The topological polar surface area (TPSA) is 254 Å². The Balaban J connectivity index is 1.45. The second-order valence-electron chi connectivity index (χ2n) is 12.7. The fourth-order valence-electron chi connectivity index (χ4n) is 7.16. The van der Waals surface area contributed by atoms with Gasteiger partial charge in [0.05, 0.1) is 6.04 Å². The minimum absolute atomic E-state index is 0.155. The van der Waals surface area contributed by atoms with Crippen molar-refractivity contribution in [2.45, 2.75) is 113 Å². The number of nitrogens with two attached hydrogens (primary N) is 2. The van der Waals surface area contributed by atoms with Crippen LogP contribution in [0.15, 0.2) is 0 Å². The van der Waals surface area contributed by atoms with Gasteiger partial charge in [0.1, 0.15) is 30.2 Å². The van der Waals surface area contributed by atoms with E-state index >= 15 is 0 Å². The lowest BCUT2D eigenvalue weighted by atomic mass is 10.1. The predicted molar refractivity (Wildman–Crippen MR) is 162 cm³/mol. The summed E-state index contributed by atoms with van der Waals surface area (Å²) in [5.74, 6) is -5.53. The second kappa shape index (κ2) is 15.5. The van der Waals surface area contributed by atoms with Gasteiger partial charge in [-0.05, 0) is 64.2 Å². The van der Waals surface area contributed by atoms with E-state index < -0.39 is 77.7 Å². The molecule has 4 aliphatic heterocycles. The van der Waals surface area contributed by atoms with Crippen LogP contribution in [0.25, 0.3) is 0 Å². The van der Waals surface area contributed by atoms with Crippen LogP contribution < -0.4 is 16.8 Å². The zero-order chi connectivity index (χ0) is 34.4. The molecule has 0 spiro atoms. The second-order valence-corrected chi connectivity index (χ2v) is 12.7. The molecule has 0 radical (unpaired) electrons. The molecule has 4 rings (SSSR count). The molecule has 17 nitrogen and oxygen atoms in total. The molecule has 6 atom stereocenters. The van der Waals surface area contributed by atoms with E-state index in [1.54, 1.807) is 0 Å². The molecule has 4 saturated heterocycles. The van der Waals surface area contributed by atoms with Crippen LogP contribution in [0, 0.1) is 0 Å². The van der Waals surface area contributed by atoms with Crippen molar-refractivity contribution < 1.29 is 48.6 Å². The van der Waals surface area contributed by atoms with E-state index in [9.17, 15) is 43.5 Å². The maximum atomic E-state index is 14.0. The molecule has 0 aliphatic carbocycles. The third-order valence-electron chi connectivity index (χ3n) is 9.58. The number of hydrogen-bond acceptors (Lipinski definition) is 9. The first-order valence-corrected chi connectivity index (χ1v) is 16.3. The highest BCUT2D eigenvalue weighted by atomic mass is 16.4. The number of carbonyl (C=O) groups is 8. The first-order valence-electron chi connectivity index (χ1n) is 16.3. The summed E-state index contributed by atoms with van der Waals surface area (Å²) in [6, 6.07) is -5.97. The van der Waals surface area contributed by atoms with E-state index in [4.69, 9.17) is 16.6 Å². The molecular formula is C30H45N7O10. The van der Waals surface area contributed by atoms with Gasteiger partial charge in [0.25, 0.3) is 0 Å². The van der Waals surface area contributed by atoms with E-state index in [1.165, 1.54) is 19.6 Å². The van der Waals surface area contributed by atoms with Crippen LogP contribution in [0.5, 0.6) is 0 Å². The maximum absolute atomic E-state index is 14.0. The number of carboxylic acid groups (broad SMARTS) is 2. The van der Waals surface area contributed by atoms with Crippen molar-refractivity contribution in [2.24, 2.45) is 11.5 Å². The molecule has 47 heavy (non-hydrogen) atoms. The molecule has 0 saturated carbocycles. The van der Waals surface area contributed by atoms with Crippen molar-refractivity contribution in [1.29, 1.82) is 0 Å². The highest BCUT2D eigenvalue weighted by Gasteiger charge is 2.48. The van der Waals surface area contributed by atoms with Crippen molar-refractivity contribution >= 4 is 47.4 Å². The molecule has 0 aromatic rings. The molecule has 4 fully saturated rings. The van der Waals surface area contributed by atoms with E-state index in [0.29, 0.717) is 64.5 Å². The quantitative estimate of drug-likeness (QED) is 0.144. The number of nitrogens with one attached hydrogen (secondary N) is 1. The minimum atomic E-state index is -1.24. The van der Waals surface area contributed by atoms with Crippen LogP contribution in [0.3, 0.4) is 0 Å². The molecule has 0 bridgehead atoms. The van der Waals surface area contributed by atoms with Crippen molar-refractivity contribution in [3.8, 4) is 0 Å². The molecule has 260 valence electrons. The van der Waals surface area contributed by atoms with Gasteiger partial charge in [-0.2, -0.15) is 0 Å². The molecule has 17 heteroatoms. The number of primary amides is 1. The fraction of sp³-hybridized carbons (Fsp3) is 0.733. The number of carboxylic acids is 2. The number of aliphatic carboxylic acids is 2. The van der Waals surface area contributed by atoms with Crippen LogP contribution in [0.2, 0.25) is 0 Å². The van der Waals surface area contributed by atoms with E-state index in [0.717, 1.165) is 0 Å². The van der Waals surface area contributed by atoms with Crippen LogP contribution >= 0.6 is 0 Å². The number of carbonyl (C=O) groups excluding carboxylic acids is 6. The van der Waals surface area contributed by atoms with Crippen LogP contribution in [0.1, 0.15) is 77.0 Å². The van der Waals surface area contributed by atoms with Crippen LogP contribution in [-0.4, -0.2) is 140 Å².